The number of benzene rings is 2. The third-order valence-electron chi connectivity index (χ3n) is 4.44. The molecule has 3 aromatic rings. The summed E-state index contributed by atoms with van der Waals surface area (Å²) in [5.41, 5.74) is 8.96. The Balaban J connectivity index is 1.36. The van der Waals surface area contributed by atoms with E-state index < -0.39 is 0 Å². The summed E-state index contributed by atoms with van der Waals surface area (Å²) in [6.45, 7) is 1.53. The molecule has 2 aromatic carbocycles. The molecule has 5 nitrogen and oxygen atoms in total. The Hall–Kier alpha value is -2.79. The lowest BCUT2D eigenvalue weighted by Crippen LogP contribution is -2.05. The van der Waals surface area contributed by atoms with Crippen LogP contribution in [0.3, 0.4) is 0 Å². The first-order valence-electron chi connectivity index (χ1n) is 9.38. The summed E-state index contributed by atoms with van der Waals surface area (Å²) < 4.78 is 11.1. The van der Waals surface area contributed by atoms with E-state index in [0.717, 1.165) is 41.5 Å². The number of ether oxygens (including phenoxy) is 2. The van der Waals surface area contributed by atoms with Crippen molar-refractivity contribution in [2.24, 2.45) is 5.73 Å². The topological polar surface area (TPSA) is 77.3 Å². The van der Waals surface area contributed by atoms with Gasteiger partial charge in [0.15, 0.2) is 0 Å². The van der Waals surface area contributed by atoms with Crippen molar-refractivity contribution in [3.63, 3.8) is 0 Å². The van der Waals surface area contributed by atoms with Crippen molar-refractivity contribution >= 4 is 16.9 Å². The highest BCUT2D eigenvalue weighted by molar-refractivity contribution is 5.84. The highest BCUT2D eigenvalue weighted by Crippen LogP contribution is 2.24. The molecule has 0 saturated heterocycles. The van der Waals surface area contributed by atoms with Gasteiger partial charge in [0.05, 0.1) is 6.61 Å². The van der Waals surface area contributed by atoms with Crippen molar-refractivity contribution in [1.29, 1.82) is 0 Å². The van der Waals surface area contributed by atoms with E-state index in [1.165, 1.54) is 5.56 Å². The molecule has 0 radical (unpaired) electrons. The number of rotatable bonds is 10. The first-order chi connectivity index (χ1) is 13.3. The summed E-state index contributed by atoms with van der Waals surface area (Å²) in [6, 6.07) is 15.7. The number of H-pyrrole nitrogens is 1. The van der Waals surface area contributed by atoms with Gasteiger partial charge in [-0.25, -0.2) is 0 Å². The lowest BCUT2D eigenvalue weighted by atomic mass is 10.1. The Labute approximate surface area is 159 Å². The van der Waals surface area contributed by atoms with Gasteiger partial charge >= 0.3 is 5.97 Å². The van der Waals surface area contributed by atoms with Crippen molar-refractivity contribution < 1.29 is 14.3 Å². The van der Waals surface area contributed by atoms with Crippen molar-refractivity contribution in [2.75, 3.05) is 13.2 Å². The molecule has 0 spiro atoms. The zero-order chi connectivity index (χ0) is 18.9. The number of carbonyl (C=O) groups excluding carboxylic acids is 1. The fraction of sp³-hybridized carbons (Fsp3) is 0.318. The van der Waals surface area contributed by atoms with E-state index in [9.17, 15) is 4.79 Å². The molecule has 3 N–H and O–H groups in total. The van der Waals surface area contributed by atoms with Crippen LogP contribution >= 0.6 is 0 Å². The van der Waals surface area contributed by atoms with Crippen LogP contribution in [0.25, 0.3) is 10.9 Å². The Morgan fingerprint density at radius 1 is 1.07 bits per heavy atom. The van der Waals surface area contributed by atoms with Gasteiger partial charge in [-0.3, -0.25) is 4.79 Å². The predicted molar refractivity (Wildman–Crippen MR) is 107 cm³/mol. The molecule has 0 bridgehead atoms. The number of esters is 1. The number of nitrogens with one attached hydrogen (secondary N) is 1. The number of fused-ring (bicyclic) bond motifs is 1. The molecule has 3 rings (SSSR count). The number of aromatic nitrogens is 1. The molecule has 5 heteroatoms. The van der Waals surface area contributed by atoms with Crippen LogP contribution in [0.5, 0.6) is 5.75 Å². The fourth-order valence-corrected chi connectivity index (χ4v) is 2.98. The highest BCUT2D eigenvalue weighted by atomic mass is 16.5. The number of unbranched alkanes of at least 4 members (excludes halogenated alkanes) is 1. The third-order valence-corrected chi connectivity index (χ3v) is 4.44. The van der Waals surface area contributed by atoms with E-state index in [-0.39, 0.29) is 5.97 Å². The standard InChI is InChI=1S/C22H26N2O3/c23-12-11-18-15-24-21-10-9-19(14-20(18)21)26-13-5-4-8-22(25)27-16-17-6-2-1-3-7-17/h1-3,6-7,9-10,14-15,24H,4-5,8,11-13,16,23H2. The third kappa shape index (κ3) is 5.59. The molecular weight excluding hydrogens is 340 g/mol. The Morgan fingerprint density at radius 2 is 1.93 bits per heavy atom. The minimum atomic E-state index is -0.168. The van der Waals surface area contributed by atoms with Gasteiger partial charge in [-0.1, -0.05) is 30.3 Å². The second kappa shape index (κ2) is 9.78. The normalized spacial score (nSPS) is 10.9. The maximum atomic E-state index is 11.8. The van der Waals surface area contributed by atoms with Gasteiger partial charge in [0.1, 0.15) is 12.4 Å². The van der Waals surface area contributed by atoms with Crippen LogP contribution in [0.15, 0.2) is 54.7 Å². The highest BCUT2D eigenvalue weighted by Gasteiger charge is 2.06. The van der Waals surface area contributed by atoms with Crippen molar-refractivity contribution in [3.8, 4) is 5.75 Å². The molecule has 1 heterocycles. The molecule has 0 aliphatic carbocycles. The van der Waals surface area contributed by atoms with Gasteiger partial charge < -0.3 is 20.2 Å². The quantitative estimate of drug-likeness (QED) is 0.420. The molecule has 0 unspecified atom stereocenters. The van der Waals surface area contributed by atoms with E-state index in [2.05, 4.69) is 4.98 Å². The van der Waals surface area contributed by atoms with Gasteiger partial charge in [0.2, 0.25) is 0 Å². The fourth-order valence-electron chi connectivity index (χ4n) is 2.98. The summed E-state index contributed by atoms with van der Waals surface area (Å²) >= 11 is 0. The van der Waals surface area contributed by atoms with Crippen molar-refractivity contribution in [3.05, 3.63) is 65.9 Å². The zero-order valence-corrected chi connectivity index (χ0v) is 15.4. The second-order valence-corrected chi connectivity index (χ2v) is 6.51. The largest absolute Gasteiger partial charge is 0.494 e. The minimum Gasteiger partial charge on any atom is -0.494 e. The molecule has 0 atom stereocenters. The first kappa shape index (κ1) is 19.0. The van der Waals surface area contributed by atoms with Gasteiger partial charge in [0, 0.05) is 23.5 Å². The molecule has 27 heavy (non-hydrogen) atoms. The van der Waals surface area contributed by atoms with Crippen LogP contribution in [0, 0.1) is 0 Å². The molecular formula is C22H26N2O3. The molecule has 142 valence electrons. The Kier molecular flexibility index (Phi) is 6.88. The SMILES string of the molecule is NCCc1c[nH]c2ccc(OCCCCC(=O)OCc3ccccc3)cc12. The summed E-state index contributed by atoms with van der Waals surface area (Å²) in [5, 5.41) is 1.16. The Bertz CT molecular complexity index is 858. The van der Waals surface area contributed by atoms with Gasteiger partial charge in [-0.15, -0.1) is 0 Å². The van der Waals surface area contributed by atoms with Crippen LogP contribution in [-0.4, -0.2) is 24.1 Å². The van der Waals surface area contributed by atoms with Gasteiger partial charge in [-0.2, -0.15) is 0 Å². The maximum absolute atomic E-state index is 11.8. The predicted octanol–water partition coefficient (Wildman–Crippen LogP) is 3.96. The lowest BCUT2D eigenvalue weighted by molar-refractivity contribution is -0.145. The van der Waals surface area contributed by atoms with Crippen LogP contribution in [0.2, 0.25) is 0 Å². The van der Waals surface area contributed by atoms with E-state index in [4.69, 9.17) is 15.2 Å². The van der Waals surface area contributed by atoms with E-state index in [0.29, 0.717) is 26.2 Å². The van der Waals surface area contributed by atoms with Crippen molar-refractivity contribution in [1.82, 2.24) is 4.98 Å². The first-order valence-corrected chi connectivity index (χ1v) is 9.38. The number of aromatic amines is 1. The molecule has 0 aliphatic rings. The van der Waals surface area contributed by atoms with Crippen LogP contribution in [0.1, 0.15) is 30.4 Å². The monoisotopic (exact) mass is 366 g/mol. The number of hydrogen-bond acceptors (Lipinski definition) is 4. The summed E-state index contributed by atoms with van der Waals surface area (Å²) in [5.74, 6) is 0.672. The van der Waals surface area contributed by atoms with Crippen LogP contribution in [0.4, 0.5) is 0 Å². The summed E-state index contributed by atoms with van der Waals surface area (Å²) in [6.07, 6.45) is 4.81. The molecule has 0 amide bonds. The molecule has 0 fully saturated rings. The summed E-state index contributed by atoms with van der Waals surface area (Å²) in [4.78, 5) is 15.0. The minimum absolute atomic E-state index is 0.168. The smallest absolute Gasteiger partial charge is 0.306 e. The Morgan fingerprint density at radius 3 is 2.74 bits per heavy atom. The maximum Gasteiger partial charge on any atom is 0.306 e. The number of hydrogen-bond donors (Lipinski definition) is 2. The molecule has 0 saturated carbocycles. The van der Waals surface area contributed by atoms with Crippen LogP contribution in [-0.2, 0) is 22.6 Å². The van der Waals surface area contributed by atoms with E-state index in [1.807, 2.05) is 54.7 Å². The lowest BCUT2D eigenvalue weighted by Gasteiger charge is -2.07. The van der Waals surface area contributed by atoms with Gasteiger partial charge in [-0.05, 0) is 55.1 Å². The van der Waals surface area contributed by atoms with E-state index in [1.54, 1.807) is 0 Å². The number of nitrogens with two attached hydrogens (primary N) is 1. The average molecular weight is 366 g/mol. The zero-order valence-electron chi connectivity index (χ0n) is 15.4. The summed E-state index contributed by atoms with van der Waals surface area (Å²) in [7, 11) is 0. The van der Waals surface area contributed by atoms with Crippen LogP contribution < -0.4 is 10.5 Å². The van der Waals surface area contributed by atoms with Crippen molar-refractivity contribution in [2.45, 2.75) is 32.3 Å². The molecule has 0 aliphatic heterocycles. The number of carbonyl (C=O) groups is 1. The molecule has 1 aromatic heterocycles. The average Bonchev–Trinajstić information content (AvgIpc) is 3.09. The van der Waals surface area contributed by atoms with Gasteiger partial charge in [0.25, 0.3) is 0 Å². The van der Waals surface area contributed by atoms with E-state index >= 15 is 0 Å². The second-order valence-electron chi connectivity index (χ2n) is 6.51.